The van der Waals surface area contributed by atoms with Crippen molar-refractivity contribution in [2.75, 3.05) is 18.8 Å². The first-order chi connectivity index (χ1) is 12.3. The Morgan fingerprint density at radius 3 is 2.31 bits per heavy atom. The van der Waals surface area contributed by atoms with E-state index >= 15 is 0 Å². The molecular weight excluding hydrogens is 356 g/mol. The molecule has 3 saturated carbocycles. The predicted molar refractivity (Wildman–Crippen MR) is 97.5 cm³/mol. The van der Waals surface area contributed by atoms with E-state index in [-0.39, 0.29) is 42.0 Å². The topological polar surface area (TPSA) is 104 Å². The minimum absolute atomic E-state index is 0.0287. The van der Waals surface area contributed by atoms with Crippen molar-refractivity contribution in [2.24, 2.45) is 5.92 Å². The summed E-state index contributed by atoms with van der Waals surface area (Å²) in [5.41, 5.74) is 0. The number of carbonyl (C=O) groups excluding carboxylic acids is 1. The Labute approximate surface area is 155 Å². The highest BCUT2D eigenvalue weighted by atomic mass is 32.2. The van der Waals surface area contributed by atoms with Crippen molar-refractivity contribution in [1.29, 1.82) is 0 Å². The number of carboxylic acid groups (broad SMARTS) is 1. The predicted octanol–water partition coefficient (Wildman–Crippen LogP) is 1.18. The molecule has 8 heteroatoms. The molecule has 0 aromatic carbocycles. The van der Waals surface area contributed by atoms with Crippen molar-refractivity contribution < 1.29 is 23.1 Å². The van der Waals surface area contributed by atoms with Gasteiger partial charge >= 0.3 is 5.97 Å². The summed E-state index contributed by atoms with van der Waals surface area (Å²) in [5.74, 6) is -0.451. The zero-order chi connectivity index (χ0) is 18.7. The first kappa shape index (κ1) is 19.6. The van der Waals surface area contributed by atoms with E-state index in [4.69, 9.17) is 5.11 Å². The van der Waals surface area contributed by atoms with Crippen LogP contribution in [0.25, 0.3) is 0 Å². The second-order valence-corrected chi connectivity index (χ2v) is 10.6. The zero-order valence-electron chi connectivity index (χ0n) is 15.2. The van der Waals surface area contributed by atoms with Crippen LogP contribution in [0, 0.1) is 5.92 Å². The van der Waals surface area contributed by atoms with Crippen molar-refractivity contribution in [2.45, 2.75) is 75.1 Å². The molecule has 0 spiro atoms. The molecule has 0 radical (unpaired) electrons. The van der Waals surface area contributed by atoms with E-state index < -0.39 is 15.8 Å². The van der Waals surface area contributed by atoms with E-state index in [1.165, 1.54) is 12.8 Å². The van der Waals surface area contributed by atoms with Crippen LogP contribution in [0.5, 0.6) is 0 Å². The van der Waals surface area contributed by atoms with Gasteiger partial charge in [0.05, 0.1) is 17.5 Å². The summed E-state index contributed by atoms with van der Waals surface area (Å²) in [5, 5.41) is 11.7. The summed E-state index contributed by atoms with van der Waals surface area (Å²) < 4.78 is 24.4. The Morgan fingerprint density at radius 1 is 1.08 bits per heavy atom. The Hall–Kier alpha value is -1.15. The zero-order valence-corrected chi connectivity index (χ0v) is 16.0. The first-order valence-corrected chi connectivity index (χ1v) is 11.5. The summed E-state index contributed by atoms with van der Waals surface area (Å²) in [6.07, 6.45) is 7.28. The summed E-state index contributed by atoms with van der Waals surface area (Å²) in [6, 6.07) is 0.247. The molecule has 148 valence electrons. The quantitative estimate of drug-likeness (QED) is 0.584. The van der Waals surface area contributed by atoms with Crippen LogP contribution in [0.4, 0.5) is 0 Å². The Bertz CT molecular complexity index is 619. The number of rotatable bonds is 10. The normalized spacial score (nSPS) is 26.7. The standard InChI is InChI=1S/C18H30N2O5S/c21-17(7-8-26(24,25)16-3-1-2-4-16)19-14-9-15(10-14)20(12-18(22)23)11-13-5-6-13/h13-16H,1-12H2,(H,19,21)(H,22,23). The van der Waals surface area contributed by atoms with Gasteiger partial charge in [0.1, 0.15) is 0 Å². The number of nitrogens with zero attached hydrogens (tertiary/aromatic N) is 1. The summed E-state index contributed by atoms with van der Waals surface area (Å²) in [6.45, 7) is 0.888. The molecule has 0 aromatic rings. The Morgan fingerprint density at radius 2 is 1.73 bits per heavy atom. The van der Waals surface area contributed by atoms with Crippen LogP contribution >= 0.6 is 0 Å². The average molecular weight is 387 g/mol. The van der Waals surface area contributed by atoms with Crippen molar-refractivity contribution in [3.05, 3.63) is 0 Å². The van der Waals surface area contributed by atoms with Crippen molar-refractivity contribution in [3.63, 3.8) is 0 Å². The van der Waals surface area contributed by atoms with Crippen LogP contribution in [0.3, 0.4) is 0 Å². The Balaban J connectivity index is 1.37. The molecule has 0 heterocycles. The molecule has 0 atom stereocenters. The molecule has 2 N–H and O–H groups in total. The minimum atomic E-state index is -3.16. The number of hydrogen-bond acceptors (Lipinski definition) is 5. The fourth-order valence-electron chi connectivity index (χ4n) is 4.10. The van der Waals surface area contributed by atoms with Gasteiger partial charge in [-0.05, 0) is 44.4 Å². The molecule has 7 nitrogen and oxygen atoms in total. The van der Waals surface area contributed by atoms with Crippen molar-refractivity contribution >= 4 is 21.7 Å². The largest absolute Gasteiger partial charge is 0.480 e. The number of carbonyl (C=O) groups is 2. The lowest BCUT2D eigenvalue weighted by Crippen LogP contribution is -2.55. The van der Waals surface area contributed by atoms with Crippen LogP contribution < -0.4 is 5.32 Å². The van der Waals surface area contributed by atoms with Gasteiger partial charge < -0.3 is 10.4 Å². The highest BCUT2D eigenvalue weighted by Gasteiger charge is 2.38. The van der Waals surface area contributed by atoms with Gasteiger partial charge in [-0.25, -0.2) is 8.42 Å². The lowest BCUT2D eigenvalue weighted by molar-refractivity contribution is -0.140. The van der Waals surface area contributed by atoms with E-state index in [0.29, 0.717) is 5.92 Å². The number of sulfone groups is 1. The number of aliphatic carboxylic acids is 1. The molecule has 0 bridgehead atoms. The number of hydrogen-bond donors (Lipinski definition) is 2. The van der Waals surface area contributed by atoms with Crippen LogP contribution in [-0.2, 0) is 19.4 Å². The number of nitrogens with one attached hydrogen (secondary N) is 1. The molecule has 26 heavy (non-hydrogen) atoms. The van der Waals surface area contributed by atoms with Crippen molar-refractivity contribution in [3.8, 4) is 0 Å². The van der Waals surface area contributed by atoms with Gasteiger partial charge in [0, 0.05) is 25.0 Å². The molecule has 3 fully saturated rings. The molecule has 3 aliphatic rings. The van der Waals surface area contributed by atoms with Gasteiger partial charge in [0.2, 0.25) is 5.91 Å². The smallest absolute Gasteiger partial charge is 0.317 e. The summed E-state index contributed by atoms with van der Waals surface area (Å²) in [4.78, 5) is 25.1. The van der Waals surface area contributed by atoms with Gasteiger partial charge in [-0.15, -0.1) is 0 Å². The monoisotopic (exact) mass is 386 g/mol. The number of carboxylic acids is 1. The molecule has 3 rings (SSSR count). The lowest BCUT2D eigenvalue weighted by atomic mass is 9.85. The fourth-order valence-corrected chi connectivity index (χ4v) is 5.96. The third-order valence-electron chi connectivity index (χ3n) is 5.95. The summed E-state index contributed by atoms with van der Waals surface area (Å²) >= 11 is 0. The second kappa shape index (κ2) is 8.25. The van der Waals surface area contributed by atoms with Crippen LogP contribution in [0.2, 0.25) is 0 Å². The molecule has 0 aromatic heterocycles. The third-order valence-corrected chi connectivity index (χ3v) is 8.21. The minimum Gasteiger partial charge on any atom is -0.480 e. The SMILES string of the molecule is O=C(O)CN(CC1CC1)C1CC(NC(=O)CCS(=O)(=O)C2CCCC2)C1. The van der Waals surface area contributed by atoms with Gasteiger partial charge in [0.15, 0.2) is 9.84 Å². The molecule has 0 aliphatic heterocycles. The molecule has 0 saturated heterocycles. The first-order valence-electron chi connectivity index (χ1n) is 9.80. The lowest BCUT2D eigenvalue weighted by Gasteiger charge is -2.42. The van der Waals surface area contributed by atoms with Gasteiger partial charge in [-0.3, -0.25) is 14.5 Å². The summed E-state index contributed by atoms with van der Waals surface area (Å²) in [7, 11) is -3.16. The molecule has 3 aliphatic carbocycles. The van der Waals surface area contributed by atoms with Gasteiger partial charge in [-0.2, -0.15) is 0 Å². The van der Waals surface area contributed by atoms with Gasteiger partial charge in [-0.1, -0.05) is 12.8 Å². The maximum atomic E-state index is 12.2. The van der Waals surface area contributed by atoms with E-state index in [9.17, 15) is 18.0 Å². The van der Waals surface area contributed by atoms with E-state index in [2.05, 4.69) is 5.32 Å². The average Bonchev–Trinajstić information content (AvgIpc) is 3.15. The van der Waals surface area contributed by atoms with E-state index in [1.54, 1.807) is 0 Å². The highest BCUT2D eigenvalue weighted by Crippen LogP contribution is 2.33. The molecule has 1 amide bonds. The second-order valence-electron chi connectivity index (χ2n) is 8.18. The van der Waals surface area contributed by atoms with E-state index in [1.807, 2.05) is 4.90 Å². The third kappa shape index (κ3) is 5.42. The maximum absolute atomic E-state index is 12.2. The van der Waals surface area contributed by atoms with Gasteiger partial charge in [0.25, 0.3) is 0 Å². The maximum Gasteiger partial charge on any atom is 0.317 e. The highest BCUT2D eigenvalue weighted by molar-refractivity contribution is 7.92. The molecule has 0 unspecified atom stereocenters. The fraction of sp³-hybridized carbons (Fsp3) is 0.889. The van der Waals surface area contributed by atoms with Crippen LogP contribution in [-0.4, -0.2) is 66.5 Å². The van der Waals surface area contributed by atoms with Crippen LogP contribution in [0.15, 0.2) is 0 Å². The molecular formula is C18H30N2O5S. The van der Waals surface area contributed by atoms with E-state index in [0.717, 1.165) is 45.1 Å². The van der Waals surface area contributed by atoms with Crippen LogP contribution in [0.1, 0.15) is 57.8 Å². The number of amides is 1. The Kier molecular flexibility index (Phi) is 6.22. The van der Waals surface area contributed by atoms with Crippen molar-refractivity contribution in [1.82, 2.24) is 10.2 Å².